The lowest BCUT2D eigenvalue weighted by Crippen LogP contribution is -2.53. The van der Waals surface area contributed by atoms with E-state index < -0.39 is 0 Å². The lowest BCUT2D eigenvalue weighted by atomic mass is 9.98. The van der Waals surface area contributed by atoms with E-state index in [1.807, 2.05) is 31.2 Å². The first-order valence-electron chi connectivity index (χ1n) is 8.19. The van der Waals surface area contributed by atoms with Gasteiger partial charge in [-0.25, -0.2) is 0 Å². The van der Waals surface area contributed by atoms with Crippen molar-refractivity contribution in [3.8, 4) is 5.75 Å². The standard InChI is InChI=1S/C18H28N2O2/c1-15-8-7-9-16(12-15)22-13-17(21)19-14-18(2,3)20-10-5-4-6-11-20/h7-9,12H,4-6,10-11,13-14H2,1-3H3,(H,19,21). The smallest absolute Gasteiger partial charge is 0.258 e. The number of benzene rings is 1. The Morgan fingerprint density at radius 2 is 2.00 bits per heavy atom. The van der Waals surface area contributed by atoms with Crippen molar-refractivity contribution >= 4 is 5.91 Å². The number of ether oxygens (including phenoxy) is 1. The molecule has 0 aromatic heterocycles. The van der Waals surface area contributed by atoms with Crippen LogP contribution in [0.3, 0.4) is 0 Å². The summed E-state index contributed by atoms with van der Waals surface area (Å²) in [5, 5.41) is 3.00. The lowest BCUT2D eigenvalue weighted by molar-refractivity contribution is -0.123. The van der Waals surface area contributed by atoms with Crippen LogP contribution >= 0.6 is 0 Å². The molecule has 1 aromatic rings. The highest BCUT2D eigenvalue weighted by Crippen LogP contribution is 2.19. The maximum atomic E-state index is 12.0. The fraction of sp³-hybridized carbons (Fsp3) is 0.611. The Labute approximate surface area is 133 Å². The fourth-order valence-corrected chi connectivity index (χ4v) is 2.83. The molecule has 0 saturated carbocycles. The molecule has 1 heterocycles. The van der Waals surface area contributed by atoms with Crippen molar-refractivity contribution in [1.82, 2.24) is 10.2 Å². The first-order chi connectivity index (χ1) is 10.5. The van der Waals surface area contributed by atoms with E-state index in [4.69, 9.17) is 4.74 Å². The summed E-state index contributed by atoms with van der Waals surface area (Å²) in [7, 11) is 0. The zero-order valence-electron chi connectivity index (χ0n) is 14.0. The molecule has 0 atom stereocenters. The van der Waals surface area contributed by atoms with Crippen LogP contribution in [0, 0.1) is 6.92 Å². The second kappa shape index (κ2) is 7.63. The number of carbonyl (C=O) groups is 1. The van der Waals surface area contributed by atoms with E-state index in [0.717, 1.165) is 24.4 Å². The van der Waals surface area contributed by atoms with Gasteiger partial charge in [-0.3, -0.25) is 9.69 Å². The summed E-state index contributed by atoms with van der Waals surface area (Å²) in [6.07, 6.45) is 3.84. The van der Waals surface area contributed by atoms with Crippen molar-refractivity contribution in [2.75, 3.05) is 26.2 Å². The van der Waals surface area contributed by atoms with Gasteiger partial charge in [0.1, 0.15) is 5.75 Å². The quantitative estimate of drug-likeness (QED) is 0.878. The molecule has 1 aromatic carbocycles. The lowest BCUT2D eigenvalue weighted by Gasteiger charge is -2.41. The average Bonchev–Trinajstić information content (AvgIpc) is 2.52. The van der Waals surface area contributed by atoms with Crippen molar-refractivity contribution in [3.63, 3.8) is 0 Å². The molecule has 1 aliphatic heterocycles. The average molecular weight is 304 g/mol. The number of carbonyl (C=O) groups excluding carboxylic acids is 1. The highest BCUT2D eigenvalue weighted by Gasteiger charge is 2.28. The Bertz CT molecular complexity index is 494. The zero-order chi connectivity index (χ0) is 16.0. The Kier molecular flexibility index (Phi) is 5.83. The topological polar surface area (TPSA) is 41.6 Å². The first kappa shape index (κ1) is 16.8. The largest absolute Gasteiger partial charge is 0.484 e. The number of aryl methyl sites for hydroxylation is 1. The summed E-state index contributed by atoms with van der Waals surface area (Å²) in [6.45, 7) is 9.38. The molecule has 0 spiro atoms. The van der Waals surface area contributed by atoms with E-state index in [1.165, 1.54) is 19.3 Å². The van der Waals surface area contributed by atoms with E-state index in [2.05, 4.69) is 24.1 Å². The van der Waals surface area contributed by atoms with Gasteiger partial charge in [-0.1, -0.05) is 18.6 Å². The predicted molar refractivity (Wildman–Crippen MR) is 89.2 cm³/mol. The van der Waals surface area contributed by atoms with E-state index >= 15 is 0 Å². The summed E-state index contributed by atoms with van der Waals surface area (Å²) < 4.78 is 5.53. The molecule has 122 valence electrons. The van der Waals surface area contributed by atoms with Crippen molar-refractivity contribution in [2.45, 2.75) is 45.6 Å². The molecule has 0 aliphatic carbocycles. The Hall–Kier alpha value is -1.55. The summed E-state index contributed by atoms with van der Waals surface area (Å²) in [6, 6.07) is 7.75. The van der Waals surface area contributed by atoms with Gasteiger partial charge in [0, 0.05) is 12.1 Å². The second-order valence-corrected chi connectivity index (χ2v) is 6.74. The normalized spacial score (nSPS) is 16.3. The fourth-order valence-electron chi connectivity index (χ4n) is 2.83. The predicted octanol–water partition coefficient (Wildman–Crippen LogP) is 2.75. The van der Waals surface area contributed by atoms with E-state index in [9.17, 15) is 4.79 Å². The molecule has 0 bridgehead atoms. The summed E-state index contributed by atoms with van der Waals surface area (Å²) in [5.41, 5.74) is 1.13. The van der Waals surface area contributed by atoms with Crippen molar-refractivity contribution in [2.24, 2.45) is 0 Å². The first-order valence-corrected chi connectivity index (χ1v) is 8.19. The van der Waals surface area contributed by atoms with Crippen molar-refractivity contribution in [3.05, 3.63) is 29.8 Å². The van der Waals surface area contributed by atoms with Crippen LogP contribution in [0.2, 0.25) is 0 Å². The Morgan fingerprint density at radius 3 is 2.68 bits per heavy atom. The van der Waals surface area contributed by atoms with Gasteiger partial charge < -0.3 is 10.1 Å². The molecular formula is C18H28N2O2. The van der Waals surface area contributed by atoms with Gasteiger partial charge >= 0.3 is 0 Å². The Balaban J connectivity index is 1.74. The number of nitrogens with one attached hydrogen (secondary N) is 1. The van der Waals surface area contributed by atoms with Gasteiger partial charge in [0.2, 0.25) is 0 Å². The highest BCUT2D eigenvalue weighted by molar-refractivity contribution is 5.77. The van der Waals surface area contributed by atoms with Gasteiger partial charge in [0.25, 0.3) is 5.91 Å². The SMILES string of the molecule is Cc1cccc(OCC(=O)NCC(C)(C)N2CCCCC2)c1. The van der Waals surface area contributed by atoms with E-state index in [0.29, 0.717) is 6.54 Å². The van der Waals surface area contributed by atoms with Gasteiger partial charge in [-0.15, -0.1) is 0 Å². The minimum Gasteiger partial charge on any atom is -0.484 e. The third-order valence-electron chi connectivity index (χ3n) is 4.29. The monoisotopic (exact) mass is 304 g/mol. The number of piperidine rings is 1. The van der Waals surface area contributed by atoms with Gasteiger partial charge in [-0.05, 0) is 64.4 Å². The third kappa shape index (κ3) is 5.02. The van der Waals surface area contributed by atoms with Gasteiger partial charge in [0.05, 0.1) is 0 Å². The minimum atomic E-state index is -0.0633. The number of nitrogens with zero attached hydrogens (tertiary/aromatic N) is 1. The molecule has 0 unspecified atom stereocenters. The summed E-state index contributed by atoms with van der Waals surface area (Å²) in [4.78, 5) is 14.4. The summed E-state index contributed by atoms with van der Waals surface area (Å²) in [5.74, 6) is 0.678. The number of hydrogen-bond acceptors (Lipinski definition) is 3. The van der Waals surface area contributed by atoms with Gasteiger partial charge in [0.15, 0.2) is 6.61 Å². The molecule has 1 fully saturated rings. The maximum Gasteiger partial charge on any atom is 0.258 e. The Morgan fingerprint density at radius 1 is 1.27 bits per heavy atom. The molecule has 4 heteroatoms. The highest BCUT2D eigenvalue weighted by atomic mass is 16.5. The van der Waals surface area contributed by atoms with Crippen LogP contribution in [0.4, 0.5) is 0 Å². The number of hydrogen-bond donors (Lipinski definition) is 1. The van der Waals surface area contributed by atoms with Gasteiger partial charge in [-0.2, -0.15) is 0 Å². The second-order valence-electron chi connectivity index (χ2n) is 6.74. The molecular weight excluding hydrogens is 276 g/mol. The van der Waals surface area contributed by atoms with Crippen LogP contribution < -0.4 is 10.1 Å². The molecule has 4 nitrogen and oxygen atoms in total. The van der Waals surface area contributed by atoms with E-state index in [-0.39, 0.29) is 18.1 Å². The molecule has 1 saturated heterocycles. The van der Waals surface area contributed by atoms with Crippen LogP contribution in [0.1, 0.15) is 38.7 Å². The van der Waals surface area contributed by atoms with Crippen LogP contribution in [-0.2, 0) is 4.79 Å². The van der Waals surface area contributed by atoms with Crippen molar-refractivity contribution < 1.29 is 9.53 Å². The third-order valence-corrected chi connectivity index (χ3v) is 4.29. The molecule has 22 heavy (non-hydrogen) atoms. The van der Waals surface area contributed by atoms with Crippen LogP contribution in [0.15, 0.2) is 24.3 Å². The molecule has 1 amide bonds. The van der Waals surface area contributed by atoms with Crippen LogP contribution in [-0.4, -0.2) is 42.6 Å². The summed E-state index contributed by atoms with van der Waals surface area (Å²) >= 11 is 0. The number of likely N-dealkylation sites (tertiary alicyclic amines) is 1. The molecule has 1 aliphatic rings. The van der Waals surface area contributed by atoms with Crippen LogP contribution in [0.5, 0.6) is 5.75 Å². The maximum absolute atomic E-state index is 12.0. The molecule has 0 radical (unpaired) electrons. The number of amides is 1. The zero-order valence-corrected chi connectivity index (χ0v) is 14.0. The number of rotatable bonds is 6. The van der Waals surface area contributed by atoms with Crippen LogP contribution in [0.25, 0.3) is 0 Å². The minimum absolute atomic E-state index is 0.000580. The molecule has 1 N–H and O–H groups in total. The van der Waals surface area contributed by atoms with Crippen molar-refractivity contribution in [1.29, 1.82) is 0 Å². The molecule has 2 rings (SSSR count). The van der Waals surface area contributed by atoms with E-state index in [1.54, 1.807) is 0 Å².